The van der Waals surface area contributed by atoms with E-state index >= 15 is 0 Å². The van der Waals surface area contributed by atoms with Crippen LogP contribution in [0.15, 0.2) is 53.3 Å². The number of carbonyl (C=O) groups excluding carboxylic acids is 1. The van der Waals surface area contributed by atoms with Crippen LogP contribution in [0, 0.1) is 6.92 Å². The zero-order valence-corrected chi connectivity index (χ0v) is 13.5. The molecule has 0 saturated heterocycles. The van der Waals surface area contributed by atoms with Crippen molar-refractivity contribution in [3.63, 3.8) is 0 Å². The van der Waals surface area contributed by atoms with Crippen LogP contribution in [0.2, 0.25) is 0 Å². The Bertz CT molecular complexity index is 1100. The van der Waals surface area contributed by atoms with Gasteiger partial charge >= 0.3 is 6.08 Å². The van der Waals surface area contributed by atoms with Crippen molar-refractivity contribution in [3.05, 3.63) is 60.0 Å². The summed E-state index contributed by atoms with van der Waals surface area (Å²) in [5.41, 5.74) is 3.01. The van der Waals surface area contributed by atoms with E-state index < -0.39 is 6.08 Å². The number of amides is 1. The van der Waals surface area contributed by atoms with E-state index in [1.54, 1.807) is 28.8 Å². The Hall–Kier alpha value is -3.75. The van der Waals surface area contributed by atoms with Crippen molar-refractivity contribution in [2.45, 2.75) is 6.92 Å². The number of aromatic nitrogens is 4. The smallest absolute Gasteiger partial charge is 0.320 e. The first-order valence-electron chi connectivity index (χ1n) is 7.62. The lowest BCUT2D eigenvalue weighted by Crippen LogP contribution is -2.15. The van der Waals surface area contributed by atoms with Gasteiger partial charge in [0.2, 0.25) is 5.82 Å². The standard InChI is InChI=1S/C17H12FN5O3/c1-10-5-6-11(15-21-17(25-18)26-22-15)8-12(10)20-16(24)13-9-19-14-4-2-3-7-23(13)14/h2-9H,1H3,(H,20,24). The predicted octanol–water partition coefficient (Wildman–Crippen LogP) is 3.21. The summed E-state index contributed by atoms with van der Waals surface area (Å²) in [4.78, 5) is 24.0. The van der Waals surface area contributed by atoms with Gasteiger partial charge in [-0.05, 0) is 30.7 Å². The second-order valence-corrected chi connectivity index (χ2v) is 5.52. The minimum Gasteiger partial charge on any atom is -0.320 e. The summed E-state index contributed by atoms with van der Waals surface area (Å²) in [6.45, 7) is 1.85. The van der Waals surface area contributed by atoms with E-state index in [1.807, 2.05) is 25.1 Å². The fourth-order valence-corrected chi connectivity index (χ4v) is 2.54. The Morgan fingerprint density at radius 2 is 2.19 bits per heavy atom. The highest BCUT2D eigenvalue weighted by Crippen LogP contribution is 2.25. The highest BCUT2D eigenvalue weighted by Gasteiger charge is 2.15. The van der Waals surface area contributed by atoms with Crippen molar-refractivity contribution in [3.8, 4) is 17.5 Å². The molecule has 130 valence electrons. The molecule has 1 aromatic carbocycles. The second kappa shape index (κ2) is 6.28. The Balaban J connectivity index is 1.65. The predicted molar refractivity (Wildman–Crippen MR) is 89.4 cm³/mol. The van der Waals surface area contributed by atoms with Crippen molar-refractivity contribution in [1.29, 1.82) is 0 Å². The number of rotatable bonds is 4. The maximum Gasteiger partial charge on any atom is 0.456 e. The summed E-state index contributed by atoms with van der Waals surface area (Å²) in [6.07, 6.45) is 2.68. The molecule has 0 spiro atoms. The molecule has 3 aromatic heterocycles. The fourth-order valence-electron chi connectivity index (χ4n) is 2.54. The van der Waals surface area contributed by atoms with Gasteiger partial charge in [-0.15, -0.1) is 0 Å². The number of nitrogens with one attached hydrogen (secondary N) is 1. The third kappa shape index (κ3) is 2.75. The molecule has 0 unspecified atom stereocenters. The van der Waals surface area contributed by atoms with E-state index in [9.17, 15) is 9.32 Å². The average Bonchev–Trinajstić information content (AvgIpc) is 3.30. The van der Waals surface area contributed by atoms with Gasteiger partial charge in [-0.3, -0.25) is 13.7 Å². The molecule has 9 heteroatoms. The Morgan fingerprint density at radius 3 is 3.00 bits per heavy atom. The number of hydrogen-bond donors (Lipinski definition) is 1. The zero-order chi connectivity index (χ0) is 18.1. The van der Waals surface area contributed by atoms with Crippen molar-refractivity contribution in [2.24, 2.45) is 0 Å². The van der Waals surface area contributed by atoms with Crippen LogP contribution in [0.4, 0.5) is 10.2 Å². The molecule has 1 N–H and O–H groups in total. The second-order valence-electron chi connectivity index (χ2n) is 5.52. The molecule has 0 saturated carbocycles. The number of fused-ring (bicyclic) bond motifs is 1. The van der Waals surface area contributed by atoms with Gasteiger partial charge in [-0.1, -0.05) is 23.4 Å². The summed E-state index contributed by atoms with van der Waals surface area (Å²) >= 11 is 0. The Labute approximate surface area is 146 Å². The molecule has 0 aliphatic carbocycles. The largest absolute Gasteiger partial charge is 0.456 e. The van der Waals surface area contributed by atoms with E-state index in [4.69, 9.17) is 0 Å². The van der Waals surface area contributed by atoms with E-state index in [1.165, 1.54) is 6.20 Å². The van der Waals surface area contributed by atoms with E-state index in [0.717, 1.165) is 5.56 Å². The van der Waals surface area contributed by atoms with Crippen LogP contribution >= 0.6 is 0 Å². The number of hydrogen-bond acceptors (Lipinski definition) is 6. The summed E-state index contributed by atoms with van der Waals surface area (Å²) in [7, 11) is 0. The lowest BCUT2D eigenvalue weighted by Gasteiger charge is -2.09. The van der Waals surface area contributed by atoms with Crippen LogP contribution in [0.5, 0.6) is 6.08 Å². The topological polar surface area (TPSA) is 94.5 Å². The van der Waals surface area contributed by atoms with Gasteiger partial charge in [-0.2, -0.15) is 4.98 Å². The first kappa shape index (κ1) is 15.8. The molecule has 0 aliphatic heterocycles. The van der Waals surface area contributed by atoms with Gasteiger partial charge in [0, 0.05) is 22.0 Å². The van der Waals surface area contributed by atoms with E-state index in [2.05, 4.69) is 29.9 Å². The molecule has 8 nitrogen and oxygen atoms in total. The Morgan fingerprint density at radius 1 is 1.31 bits per heavy atom. The monoisotopic (exact) mass is 353 g/mol. The first-order chi connectivity index (χ1) is 12.7. The van der Waals surface area contributed by atoms with Gasteiger partial charge in [0.05, 0.1) is 6.20 Å². The molecule has 3 heterocycles. The number of halogens is 1. The van der Waals surface area contributed by atoms with Gasteiger partial charge in [-0.25, -0.2) is 9.93 Å². The number of aryl methyl sites for hydroxylation is 1. The number of nitrogens with zero attached hydrogens (tertiary/aromatic N) is 4. The number of benzene rings is 1. The number of anilines is 1. The molecule has 1 amide bonds. The quantitative estimate of drug-likeness (QED) is 0.605. The molecule has 0 bridgehead atoms. The lowest BCUT2D eigenvalue weighted by atomic mass is 10.1. The summed E-state index contributed by atoms with van der Waals surface area (Å²) in [5.74, 6) is -0.173. The lowest BCUT2D eigenvalue weighted by molar-refractivity contribution is -0.0435. The van der Waals surface area contributed by atoms with Gasteiger partial charge < -0.3 is 5.32 Å². The van der Waals surface area contributed by atoms with Crippen LogP contribution in [-0.4, -0.2) is 25.4 Å². The summed E-state index contributed by atoms with van der Waals surface area (Å²) < 4.78 is 18.4. The molecule has 0 aliphatic rings. The zero-order valence-electron chi connectivity index (χ0n) is 13.5. The molecule has 0 atom stereocenters. The molecule has 4 aromatic rings. The third-order valence-corrected chi connectivity index (χ3v) is 3.87. The molecular formula is C17H12FN5O3. The van der Waals surface area contributed by atoms with Crippen LogP contribution < -0.4 is 10.3 Å². The molecular weight excluding hydrogens is 341 g/mol. The maximum absolute atomic E-state index is 12.6. The summed E-state index contributed by atoms with van der Waals surface area (Å²) in [5, 5.41) is 6.46. The van der Waals surface area contributed by atoms with Crippen molar-refractivity contribution in [1.82, 2.24) is 19.5 Å². The van der Waals surface area contributed by atoms with Gasteiger partial charge in [0.25, 0.3) is 5.91 Å². The van der Waals surface area contributed by atoms with Crippen LogP contribution in [-0.2, 0) is 0 Å². The SMILES string of the molecule is Cc1ccc(-c2noc(OF)n2)cc1NC(=O)c1cnc2ccccn12. The van der Waals surface area contributed by atoms with Gasteiger partial charge in [0.1, 0.15) is 11.3 Å². The van der Waals surface area contributed by atoms with Gasteiger partial charge in [0.15, 0.2) is 0 Å². The van der Waals surface area contributed by atoms with E-state index in [-0.39, 0.29) is 11.7 Å². The van der Waals surface area contributed by atoms with Crippen molar-refractivity contribution >= 4 is 17.2 Å². The van der Waals surface area contributed by atoms with Crippen LogP contribution in [0.25, 0.3) is 17.0 Å². The highest BCUT2D eigenvalue weighted by atomic mass is 19.3. The highest BCUT2D eigenvalue weighted by molar-refractivity contribution is 6.04. The number of carbonyl (C=O) groups is 1. The molecule has 0 radical (unpaired) electrons. The number of imidazole rings is 1. The Kier molecular flexibility index (Phi) is 3.81. The average molecular weight is 353 g/mol. The molecule has 0 fully saturated rings. The summed E-state index contributed by atoms with van der Waals surface area (Å²) in [6, 6.07) is 10.7. The van der Waals surface area contributed by atoms with Crippen molar-refractivity contribution in [2.75, 3.05) is 5.32 Å². The van der Waals surface area contributed by atoms with Crippen LogP contribution in [0.1, 0.15) is 16.1 Å². The third-order valence-electron chi connectivity index (χ3n) is 3.87. The fraction of sp³-hybridized carbons (Fsp3) is 0.0588. The molecule has 26 heavy (non-hydrogen) atoms. The minimum absolute atomic E-state index is 0.142. The van der Waals surface area contributed by atoms with E-state index in [0.29, 0.717) is 22.6 Å². The minimum atomic E-state index is -0.586. The first-order valence-corrected chi connectivity index (χ1v) is 7.62. The maximum atomic E-state index is 12.6. The molecule has 4 rings (SSSR count). The normalized spacial score (nSPS) is 10.8. The van der Waals surface area contributed by atoms with Crippen LogP contribution in [0.3, 0.4) is 0 Å². The number of pyridine rings is 1. The van der Waals surface area contributed by atoms with Crippen molar-refractivity contribution < 1.29 is 18.8 Å².